The molecule has 19 heteroatoms. The van der Waals surface area contributed by atoms with Crippen LogP contribution in [0.4, 0.5) is 0 Å². The molecule has 99 heavy (non-hydrogen) atoms. The highest BCUT2D eigenvalue weighted by atomic mass is 31.2. The molecule has 0 radical (unpaired) electrons. The third-order valence-corrected chi connectivity index (χ3v) is 20.9. The predicted octanol–water partition coefficient (Wildman–Crippen LogP) is 23.7. The van der Waals surface area contributed by atoms with E-state index in [-0.39, 0.29) is 25.7 Å². The highest BCUT2D eigenvalue weighted by Crippen LogP contribution is 2.45. The summed E-state index contributed by atoms with van der Waals surface area (Å²) in [6.07, 6.45) is 58.3. The number of esters is 4. The van der Waals surface area contributed by atoms with Gasteiger partial charge >= 0.3 is 39.5 Å². The van der Waals surface area contributed by atoms with Crippen molar-refractivity contribution in [2.75, 3.05) is 39.6 Å². The van der Waals surface area contributed by atoms with Crippen LogP contribution in [0, 0.1) is 17.8 Å². The molecule has 3 N–H and O–H groups in total. The molecule has 0 aromatic carbocycles. The largest absolute Gasteiger partial charge is 0.472 e. The van der Waals surface area contributed by atoms with Crippen molar-refractivity contribution in [1.29, 1.82) is 0 Å². The van der Waals surface area contributed by atoms with Crippen LogP contribution >= 0.6 is 15.6 Å². The fourth-order valence-electron chi connectivity index (χ4n) is 12.3. The van der Waals surface area contributed by atoms with E-state index in [0.29, 0.717) is 25.7 Å². The van der Waals surface area contributed by atoms with Crippen LogP contribution in [-0.4, -0.2) is 96.7 Å². The van der Waals surface area contributed by atoms with Crippen LogP contribution in [0.5, 0.6) is 0 Å². The number of carbonyl (C=O) groups is 4. The van der Waals surface area contributed by atoms with Crippen molar-refractivity contribution in [2.45, 2.75) is 433 Å². The Kier molecular flexibility index (Phi) is 69.0. The Morgan fingerprint density at radius 3 is 0.768 bits per heavy atom. The molecule has 0 aliphatic heterocycles. The van der Waals surface area contributed by atoms with Crippen molar-refractivity contribution in [3.8, 4) is 0 Å². The molecule has 0 aliphatic carbocycles. The minimum Gasteiger partial charge on any atom is -0.462 e. The number of aliphatic hydroxyl groups is 1. The van der Waals surface area contributed by atoms with Gasteiger partial charge in [-0.25, -0.2) is 9.13 Å². The molecule has 0 bridgehead atoms. The molecule has 0 amide bonds. The van der Waals surface area contributed by atoms with Crippen LogP contribution < -0.4 is 0 Å². The molecule has 588 valence electrons. The number of hydrogen-bond donors (Lipinski definition) is 3. The van der Waals surface area contributed by atoms with Crippen molar-refractivity contribution >= 4 is 39.5 Å². The van der Waals surface area contributed by atoms with Crippen molar-refractivity contribution in [3.05, 3.63) is 0 Å². The SMILES string of the molecule is CCCCCCCCCCC(=O)OC[C@H](COP(=O)(O)OC[C@H](O)COP(=O)(O)OC[C@@H](COC(=O)CCCCCCCCCCCCCCCCC(C)CC)OC(=O)CCCCCCCCCCCCCCCCCCC(C)C)OC(=O)CCCCCCCCCCCCCC(C)C. The summed E-state index contributed by atoms with van der Waals surface area (Å²) in [6, 6.07) is 0. The van der Waals surface area contributed by atoms with Crippen LogP contribution in [-0.2, 0) is 65.4 Å². The van der Waals surface area contributed by atoms with Crippen LogP contribution in [0.2, 0.25) is 0 Å². The van der Waals surface area contributed by atoms with Gasteiger partial charge in [0.1, 0.15) is 19.3 Å². The van der Waals surface area contributed by atoms with Gasteiger partial charge in [0, 0.05) is 25.7 Å². The number of ether oxygens (including phenoxy) is 4. The second kappa shape index (κ2) is 70.4. The summed E-state index contributed by atoms with van der Waals surface area (Å²) in [5.74, 6) is 0.310. The molecular weight excluding hydrogens is 1290 g/mol. The Labute approximate surface area is 607 Å². The average molecular weight is 1450 g/mol. The number of unbranched alkanes of at least 4 members (excludes halogenated alkanes) is 45. The minimum atomic E-state index is -4.96. The van der Waals surface area contributed by atoms with E-state index in [4.69, 9.17) is 37.0 Å². The molecule has 0 spiro atoms. The molecular formula is C80H156O17P2. The van der Waals surface area contributed by atoms with Gasteiger partial charge in [0.05, 0.1) is 26.4 Å². The normalized spacial score (nSPS) is 14.3. The molecule has 0 rings (SSSR count). The van der Waals surface area contributed by atoms with Crippen LogP contribution in [0.25, 0.3) is 0 Å². The maximum absolute atomic E-state index is 13.1. The molecule has 17 nitrogen and oxygen atoms in total. The van der Waals surface area contributed by atoms with Crippen LogP contribution in [0.1, 0.15) is 414 Å². The van der Waals surface area contributed by atoms with Gasteiger partial charge in [-0.2, -0.15) is 0 Å². The Bertz CT molecular complexity index is 1920. The summed E-state index contributed by atoms with van der Waals surface area (Å²) in [5, 5.41) is 10.6. The fourth-order valence-corrected chi connectivity index (χ4v) is 13.9. The van der Waals surface area contributed by atoms with Gasteiger partial charge in [0.25, 0.3) is 0 Å². The number of carbonyl (C=O) groups excluding carboxylic acids is 4. The van der Waals surface area contributed by atoms with E-state index in [2.05, 4.69) is 48.5 Å². The lowest BCUT2D eigenvalue weighted by atomic mass is 9.99. The molecule has 3 unspecified atom stereocenters. The summed E-state index contributed by atoms with van der Waals surface area (Å²) in [6.45, 7) is 12.0. The lowest BCUT2D eigenvalue weighted by Gasteiger charge is -2.21. The number of phosphoric ester groups is 2. The summed E-state index contributed by atoms with van der Waals surface area (Å²) < 4.78 is 68.6. The standard InChI is InChI=1S/C80H156O17P2/c1-8-10-11-12-13-40-47-54-61-77(82)90-67-75(96-80(85)64-57-50-43-36-30-24-26-32-38-45-52-59-72(5)6)69-94-98(86,87)92-65-74(81)66-93-99(88,89)95-70-76(68-91-78(83)62-55-48-41-34-28-22-19-18-21-27-33-39-46-53-60-73(7)9-2)97-79(84)63-56-49-42-35-29-23-17-15-14-16-20-25-31-37-44-51-58-71(3)4/h71-76,81H,8-70H2,1-7H3,(H,86,87)(H,88,89)/t73?,74-,75+,76+/m0/s1. The minimum absolute atomic E-state index is 0.106. The molecule has 0 saturated heterocycles. The van der Waals surface area contributed by atoms with Crippen molar-refractivity contribution in [3.63, 3.8) is 0 Å². The van der Waals surface area contributed by atoms with Crippen molar-refractivity contribution < 1.29 is 80.2 Å². The van der Waals surface area contributed by atoms with Gasteiger partial charge in [-0.3, -0.25) is 37.3 Å². The van der Waals surface area contributed by atoms with E-state index >= 15 is 0 Å². The Hall–Kier alpha value is -1.94. The second-order valence-corrected chi connectivity index (χ2v) is 32.9. The molecule has 6 atom stereocenters. The highest BCUT2D eigenvalue weighted by molar-refractivity contribution is 7.47. The molecule has 0 saturated carbocycles. The zero-order valence-electron chi connectivity index (χ0n) is 65.0. The smallest absolute Gasteiger partial charge is 0.462 e. The first-order valence-electron chi connectivity index (χ1n) is 41.4. The Balaban J connectivity index is 5.21. The first kappa shape index (κ1) is 97.1. The van der Waals surface area contributed by atoms with Crippen molar-refractivity contribution in [1.82, 2.24) is 0 Å². The maximum atomic E-state index is 13.1. The van der Waals surface area contributed by atoms with Gasteiger partial charge in [-0.05, 0) is 43.4 Å². The first-order chi connectivity index (χ1) is 47.8. The maximum Gasteiger partial charge on any atom is 0.472 e. The third kappa shape index (κ3) is 72.8. The summed E-state index contributed by atoms with van der Waals surface area (Å²) >= 11 is 0. The zero-order valence-corrected chi connectivity index (χ0v) is 66.8. The van der Waals surface area contributed by atoms with Crippen LogP contribution in [0.15, 0.2) is 0 Å². The van der Waals surface area contributed by atoms with Gasteiger partial charge in [-0.15, -0.1) is 0 Å². The van der Waals surface area contributed by atoms with E-state index in [9.17, 15) is 43.2 Å². The van der Waals surface area contributed by atoms with Gasteiger partial charge in [0.15, 0.2) is 12.2 Å². The van der Waals surface area contributed by atoms with E-state index in [0.717, 1.165) is 114 Å². The van der Waals surface area contributed by atoms with Gasteiger partial charge in [0.2, 0.25) is 0 Å². The van der Waals surface area contributed by atoms with E-state index in [1.807, 2.05) is 0 Å². The summed E-state index contributed by atoms with van der Waals surface area (Å²) in [4.78, 5) is 72.9. The van der Waals surface area contributed by atoms with Crippen LogP contribution in [0.3, 0.4) is 0 Å². The van der Waals surface area contributed by atoms with E-state index < -0.39 is 97.5 Å². The number of hydrogen-bond acceptors (Lipinski definition) is 15. The topological polar surface area (TPSA) is 237 Å². The second-order valence-electron chi connectivity index (χ2n) is 30.0. The third-order valence-electron chi connectivity index (χ3n) is 19.0. The molecule has 0 heterocycles. The molecule has 0 aromatic rings. The highest BCUT2D eigenvalue weighted by Gasteiger charge is 2.30. The molecule has 0 aliphatic rings. The monoisotopic (exact) mass is 1450 g/mol. The lowest BCUT2D eigenvalue weighted by molar-refractivity contribution is -0.161. The first-order valence-corrected chi connectivity index (χ1v) is 44.4. The Morgan fingerprint density at radius 2 is 0.515 bits per heavy atom. The Morgan fingerprint density at radius 1 is 0.293 bits per heavy atom. The van der Waals surface area contributed by atoms with Crippen molar-refractivity contribution in [2.24, 2.45) is 17.8 Å². The predicted molar refractivity (Wildman–Crippen MR) is 405 cm³/mol. The molecule has 0 fully saturated rings. The average Bonchev–Trinajstić information content (AvgIpc) is 0.950. The fraction of sp³-hybridized carbons (Fsp3) is 0.950. The number of aliphatic hydroxyl groups excluding tert-OH is 1. The number of phosphoric acid groups is 2. The van der Waals surface area contributed by atoms with Gasteiger partial charge < -0.3 is 33.8 Å². The quantitative estimate of drug-likeness (QED) is 0.0222. The van der Waals surface area contributed by atoms with Gasteiger partial charge in [-0.1, -0.05) is 363 Å². The molecule has 0 aromatic heterocycles. The number of rotatable bonds is 78. The van der Waals surface area contributed by atoms with E-state index in [1.54, 1.807) is 0 Å². The summed E-state index contributed by atoms with van der Waals surface area (Å²) in [7, 11) is -9.92. The lowest BCUT2D eigenvalue weighted by Crippen LogP contribution is -2.30. The van der Waals surface area contributed by atoms with E-state index in [1.165, 1.54) is 218 Å². The zero-order chi connectivity index (χ0) is 73.0. The summed E-state index contributed by atoms with van der Waals surface area (Å²) in [5.41, 5.74) is 0.